The van der Waals surface area contributed by atoms with E-state index in [1.807, 2.05) is 24.3 Å². The molecule has 98 valence electrons. The predicted molar refractivity (Wildman–Crippen MR) is 67.3 cm³/mol. The Kier molecular flexibility index (Phi) is 2.70. The second kappa shape index (κ2) is 4.38. The molecular weight excluding hydrogens is 246 g/mol. The van der Waals surface area contributed by atoms with Crippen molar-refractivity contribution < 1.29 is 14.4 Å². The predicted octanol–water partition coefficient (Wildman–Crippen LogP) is -0.492. The Morgan fingerprint density at radius 2 is 1.84 bits per heavy atom. The molecule has 1 unspecified atom stereocenters. The third kappa shape index (κ3) is 2.16. The third-order valence-electron chi connectivity index (χ3n) is 3.33. The first-order valence-corrected chi connectivity index (χ1v) is 6.09. The van der Waals surface area contributed by atoms with Crippen LogP contribution in [0.5, 0.6) is 0 Å². The number of carbonyl (C=O) groups excluding carboxylic acids is 3. The first-order valence-electron chi connectivity index (χ1n) is 6.09. The Balaban J connectivity index is 1.73. The second-order valence-electron chi connectivity index (χ2n) is 4.72. The van der Waals surface area contributed by atoms with Crippen molar-refractivity contribution in [1.29, 1.82) is 0 Å². The van der Waals surface area contributed by atoms with E-state index in [1.165, 1.54) is 4.90 Å². The highest BCUT2D eigenvalue weighted by molar-refractivity contribution is 6.03. The summed E-state index contributed by atoms with van der Waals surface area (Å²) in [5.41, 5.74) is 2.02. The van der Waals surface area contributed by atoms with Crippen LogP contribution in [0.25, 0.3) is 0 Å². The fourth-order valence-corrected chi connectivity index (χ4v) is 2.46. The largest absolute Gasteiger partial charge is 0.373 e. The fraction of sp³-hybridized carbons (Fsp3) is 0.308. The maximum Gasteiger partial charge on any atom is 0.246 e. The Bertz CT molecular complexity index is 529. The zero-order chi connectivity index (χ0) is 13.4. The smallest absolute Gasteiger partial charge is 0.246 e. The minimum Gasteiger partial charge on any atom is -0.373 e. The molecule has 1 saturated heterocycles. The number of amides is 3. The highest BCUT2D eigenvalue weighted by Crippen LogP contribution is 2.26. The third-order valence-corrected chi connectivity index (χ3v) is 3.33. The van der Waals surface area contributed by atoms with Gasteiger partial charge in [0.2, 0.25) is 17.7 Å². The summed E-state index contributed by atoms with van der Waals surface area (Å²) in [5.74, 6) is -1.07. The number of nitrogens with one attached hydrogen (secondary N) is 2. The van der Waals surface area contributed by atoms with E-state index in [-0.39, 0.29) is 19.0 Å². The quantitative estimate of drug-likeness (QED) is 0.667. The van der Waals surface area contributed by atoms with Gasteiger partial charge in [-0.2, -0.15) is 0 Å². The highest BCUT2D eigenvalue weighted by Gasteiger charge is 2.34. The van der Waals surface area contributed by atoms with Gasteiger partial charge in [-0.05, 0) is 11.6 Å². The van der Waals surface area contributed by atoms with Gasteiger partial charge in [-0.25, -0.2) is 0 Å². The summed E-state index contributed by atoms with van der Waals surface area (Å²) < 4.78 is 0. The first-order chi connectivity index (χ1) is 9.13. The number of hydrogen-bond donors (Lipinski definition) is 2. The van der Waals surface area contributed by atoms with Crippen LogP contribution < -0.4 is 10.6 Å². The zero-order valence-corrected chi connectivity index (χ0v) is 10.2. The molecular formula is C13H13N3O3. The van der Waals surface area contributed by atoms with Gasteiger partial charge >= 0.3 is 0 Å². The molecule has 19 heavy (non-hydrogen) atoms. The lowest BCUT2D eigenvalue weighted by Crippen LogP contribution is -2.56. The minimum atomic E-state index is -0.430. The lowest BCUT2D eigenvalue weighted by molar-refractivity contribution is -0.145. The molecule has 2 aliphatic rings. The Morgan fingerprint density at radius 1 is 1.16 bits per heavy atom. The molecule has 0 aromatic heterocycles. The van der Waals surface area contributed by atoms with Crippen molar-refractivity contribution in [2.45, 2.75) is 12.5 Å². The van der Waals surface area contributed by atoms with Gasteiger partial charge in [-0.3, -0.25) is 19.7 Å². The Labute approximate surface area is 109 Å². The van der Waals surface area contributed by atoms with E-state index in [0.29, 0.717) is 6.42 Å². The van der Waals surface area contributed by atoms with E-state index in [4.69, 9.17) is 0 Å². The van der Waals surface area contributed by atoms with Crippen molar-refractivity contribution in [2.24, 2.45) is 0 Å². The number of carbonyl (C=O) groups is 3. The molecule has 0 spiro atoms. The molecule has 0 saturated carbocycles. The van der Waals surface area contributed by atoms with Crippen LogP contribution in [0.1, 0.15) is 5.56 Å². The molecule has 0 bridgehead atoms. The molecule has 1 aromatic carbocycles. The van der Waals surface area contributed by atoms with E-state index in [1.54, 1.807) is 0 Å². The van der Waals surface area contributed by atoms with Crippen LogP contribution in [0.15, 0.2) is 24.3 Å². The Morgan fingerprint density at radius 3 is 2.53 bits per heavy atom. The summed E-state index contributed by atoms with van der Waals surface area (Å²) in [5, 5.41) is 5.31. The maximum atomic E-state index is 12.3. The summed E-state index contributed by atoms with van der Waals surface area (Å²) in [6.45, 7) is -0.113. The monoisotopic (exact) mass is 259 g/mol. The van der Waals surface area contributed by atoms with Crippen LogP contribution in [-0.4, -0.2) is 41.8 Å². The van der Waals surface area contributed by atoms with Gasteiger partial charge in [0.15, 0.2) is 0 Å². The van der Waals surface area contributed by atoms with Crippen LogP contribution in [0.3, 0.4) is 0 Å². The van der Waals surface area contributed by atoms with Gasteiger partial charge < -0.3 is 10.2 Å². The summed E-state index contributed by atoms with van der Waals surface area (Å²) in [6.07, 6.45) is 0.585. The number of anilines is 1. The standard InChI is InChI=1S/C13H13N3O3/c17-11-6-16(7-12(18)15-11)13(19)10-5-8-3-1-2-4-9(8)14-10/h1-4,10,14H,5-7H2,(H,15,17,18). The van der Waals surface area contributed by atoms with E-state index in [0.717, 1.165) is 11.3 Å². The van der Waals surface area contributed by atoms with Crippen molar-refractivity contribution in [3.8, 4) is 0 Å². The van der Waals surface area contributed by atoms with Gasteiger partial charge in [0.25, 0.3) is 0 Å². The first kappa shape index (κ1) is 11.7. The molecule has 1 aromatic rings. The number of fused-ring (bicyclic) bond motifs is 1. The number of rotatable bonds is 1. The van der Waals surface area contributed by atoms with Crippen LogP contribution in [0.4, 0.5) is 5.69 Å². The van der Waals surface area contributed by atoms with Crippen molar-refractivity contribution in [1.82, 2.24) is 10.2 Å². The normalized spacial score (nSPS) is 21.7. The van der Waals surface area contributed by atoms with E-state index >= 15 is 0 Å². The van der Waals surface area contributed by atoms with Gasteiger partial charge in [-0.1, -0.05) is 18.2 Å². The zero-order valence-electron chi connectivity index (χ0n) is 10.2. The molecule has 1 atom stereocenters. The number of benzene rings is 1. The number of nitrogens with zero attached hydrogens (tertiary/aromatic N) is 1. The fourth-order valence-electron chi connectivity index (χ4n) is 2.46. The second-order valence-corrected chi connectivity index (χ2v) is 4.72. The van der Waals surface area contributed by atoms with Crippen LogP contribution in [-0.2, 0) is 20.8 Å². The van der Waals surface area contributed by atoms with E-state index < -0.39 is 17.9 Å². The molecule has 3 amide bonds. The summed E-state index contributed by atoms with van der Waals surface area (Å²) >= 11 is 0. The van der Waals surface area contributed by atoms with Gasteiger partial charge in [0.1, 0.15) is 19.1 Å². The van der Waals surface area contributed by atoms with Crippen molar-refractivity contribution >= 4 is 23.4 Å². The summed E-state index contributed by atoms with van der Waals surface area (Å²) in [7, 11) is 0. The lowest BCUT2D eigenvalue weighted by atomic mass is 10.1. The van der Waals surface area contributed by atoms with E-state index in [9.17, 15) is 14.4 Å². The molecule has 3 rings (SSSR count). The SMILES string of the molecule is O=C1CN(C(=O)C2Cc3ccccc3N2)CC(=O)N1. The minimum absolute atomic E-state index is 0.0564. The molecule has 2 aliphatic heterocycles. The molecule has 2 heterocycles. The molecule has 6 heteroatoms. The maximum absolute atomic E-state index is 12.3. The molecule has 1 fully saturated rings. The summed E-state index contributed by atoms with van der Waals surface area (Å²) in [4.78, 5) is 36.1. The summed E-state index contributed by atoms with van der Waals surface area (Å²) in [6, 6.07) is 7.30. The van der Waals surface area contributed by atoms with Gasteiger partial charge in [0, 0.05) is 12.1 Å². The Hall–Kier alpha value is -2.37. The molecule has 0 aliphatic carbocycles. The number of imide groups is 1. The van der Waals surface area contributed by atoms with Gasteiger partial charge in [0.05, 0.1) is 0 Å². The van der Waals surface area contributed by atoms with Crippen molar-refractivity contribution in [3.63, 3.8) is 0 Å². The van der Waals surface area contributed by atoms with E-state index in [2.05, 4.69) is 10.6 Å². The average molecular weight is 259 g/mol. The van der Waals surface area contributed by atoms with Crippen molar-refractivity contribution in [2.75, 3.05) is 18.4 Å². The number of hydrogen-bond acceptors (Lipinski definition) is 4. The highest BCUT2D eigenvalue weighted by atomic mass is 16.2. The number of para-hydroxylation sites is 1. The molecule has 0 radical (unpaired) electrons. The number of piperazine rings is 1. The average Bonchev–Trinajstić information content (AvgIpc) is 2.80. The van der Waals surface area contributed by atoms with Crippen LogP contribution in [0.2, 0.25) is 0 Å². The van der Waals surface area contributed by atoms with Crippen molar-refractivity contribution in [3.05, 3.63) is 29.8 Å². The molecule has 2 N–H and O–H groups in total. The van der Waals surface area contributed by atoms with Gasteiger partial charge in [-0.15, -0.1) is 0 Å². The van der Waals surface area contributed by atoms with Crippen LogP contribution in [0, 0.1) is 0 Å². The topological polar surface area (TPSA) is 78.5 Å². The molecule has 6 nitrogen and oxygen atoms in total. The lowest BCUT2D eigenvalue weighted by Gasteiger charge is -2.27. The van der Waals surface area contributed by atoms with Crippen LogP contribution >= 0.6 is 0 Å².